The Morgan fingerprint density at radius 1 is 0.846 bits per heavy atom. The highest BCUT2D eigenvalue weighted by Crippen LogP contribution is 2.07. The third-order valence-electron chi connectivity index (χ3n) is 2.38. The third-order valence-corrected chi connectivity index (χ3v) is 2.38. The number of hydroxylamine groups is 2. The molecule has 0 bridgehead atoms. The molecule has 0 aliphatic carbocycles. The smallest absolute Gasteiger partial charge is 0.0766 e. The van der Waals surface area contributed by atoms with Crippen LogP contribution in [0, 0.1) is 5.21 Å². The fraction of sp³-hybridized carbons (Fsp3) is 1.00. The summed E-state index contributed by atoms with van der Waals surface area (Å²) in [6, 6.07) is 0. The summed E-state index contributed by atoms with van der Waals surface area (Å²) in [6.07, 6.45) is 10.5. The molecule has 1 unspecified atom stereocenters. The van der Waals surface area contributed by atoms with Gasteiger partial charge in [-0.2, -0.15) is 0 Å². The summed E-state index contributed by atoms with van der Waals surface area (Å²) in [5.41, 5.74) is 0. The van der Waals surface area contributed by atoms with E-state index in [1.807, 2.05) is 0 Å². The van der Waals surface area contributed by atoms with E-state index in [9.17, 15) is 5.21 Å². The summed E-state index contributed by atoms with van der Waals surface area (Å²) >= 11 is 0. The Hall–Kier alpha value is -0.0800. The van der Waals surface area contributed by atoms with Crippen LogP contribution < -0.4 is 5.06 Å². The normalized spacial score (nSPS) is 13.2. The Kier molecular flexibility index (Phi) is 9.94. The van der Waals surface area contributed by atoms with Crippen molar-refractivity contribution < 1.29 is 5.06 Å². The largest absolute Gasteiger partial charge is 0.634 e. The zero-order valence-corrected chi connectivity index (χ0v) is 9.27. The van der Waals surface area contributed by atoms with E-state index in [4.69, 9.17) is 0 Å². The Morgan fingerprint density at radius 2 is 1.31 bits per heavy atom. The molecule has 0 saturated heterocycles. The van der Waals surface area contributed by atoms with Gasteiger partial charge in [0.1, 0.15) is 0 Å². The van der Waals surface area contributed by atoms with E-state index < -0.39 is 0 Å². The second-order valence-electron chi connectivity index (χ2n) is 3.93. The Labute approximate surface area is 82.9 Å². The summed E-state index contributed by atoms with van der Waals surface area (Å²) in [7, 11) is 1.68. The van der Waals surface area contributed by atoms with Crippen LogP contribution in [0.4, 0.5) is 0 Å². The molecule has 0 saturated carbocycles. The lowest BCUT2D eigenvalue weighted by Crippen LogP contribution is -3.03. The standard InChI is InChI=1S/C11H25NO/c1-3-4-5-6-7-8-9-10-11-12(2)13/h12H,3-11H2,1-2H3. The molecule has 0 aromatic carbocycles. The van der Waals surface area contributed by atoms with Crippen molar-refractivity contribution in [1.29, 1.82) is 0 Å². The highest BCUT2D eigenvalue weighted by Gasteiger charge is 1.92. The van der Waals surface area contributed by atoms with Gasteiger partial charge in [0.15, 0.2) is 0 Å². The van der Waals surface area contributed by atoms with Crippen LogP contribution in [0.25, 0.3) is 0 Å². The average molecular weight is 187 g/mol. The van der Waals surface area contributed by atoms with Crippen molar-refractivity contribution in [2.75, 3.05) is 13.6 Å². The SMILES string of the molecule is CCCCCCCCCC[NH+](C)[O-]. The van der Waals surface area contributed by atoms with Gasteiger partial charge in [-0.25, -0.2) is 0 Å². The van der Waals surface area contributed by atoms with Crippen LogP contribution in [-0.2, 0) is 0 Å². The van der Waals surface area contributed by atoms with Crippen LogP contribution in [0.2, 0.25) is 0 Å². The van der Waals surface area contributed by atoms with Crippen molar-refractivity contribution in [3.8, 4) is 0 Å². The summed E-state index contributed by atoms with van der Waals surface area (Å²) in [5, 5.41) is 11.0. The molecule has 0 aromatic rings. The Morgan fingerprint density at radius 3 is 1.77 bits per heavy atom. The van der Waals surface area contributed by atoms with Gasteiger partial charge in [-0.3, -0.25) is 0 Å². The minimum atomic E-state index is 0.339. The zero-order valence-electron chi connectivity index (χ0n) is 9.27. The van der Waals surface area contributed by atoms with Gasteiger partial charge in [-0.15, -0.1) is 0 Å². The van der Waals surface area contributed by atoms with Gasteiger partial charge in [0.25, 0.3) is 0 Å². The lowest BCUT2D eigenvalue weighted by molar-refractivity contribution is -0.826. The molecule has 0 radical (unpaired) electrons. The molecule has 0 aliphatic heterocycles. The molecule has 0 heterocycles. The number of hydrogen-bond acceptors (Lipinski definition) is 1. The summed E-state index contributed by atoms with van der Waals surface area (Å²) in [6.45, 7) is 3.03. The number of nitrogens with one attached hydrogen (secondary N) is 1. The molecule has 0 fully saturated rings. The van der Waals surface area contributed by atoms with E-state index in [0.717, 1.165) is 13.0 Å². The average Bonchev–Trinajstić information content (AvgIpc) is 2.09. The second kappa shape index (κ2) is 10.0. The van der Waals surface area contributed by atoms with Crippen molar-refractivity contribution in [1.82, 2.24) is 0 Å². The molecular weight excluding hydrogens is 162 g/mol. The minimum absolute atomic E-state index is 0.339. The van der Waals surface area contributed by atoms with Crippen LogP contribution in [0.3, 0.4) is 0 Å². The molecule has 1 atom stereocenters. The Balaban J connectivity index is 2.84. The molecule has 0 aromatic heterocycles. The minimum Gasteiger partial charge on any atom is -0.634 e. The van der Waals surface area contributed by atoms with Gasteiger partial charge in [-0.1, -0.05) is 45.4 Å². The molecule has 0 rings (SSSR count). The quantitative estimate of drug-likeness (QED) is 0.434. The molecule has 80 valence electrons. The maximum atomic E-state index is 10.6. The number of hydrogen-bond donors (Lipinski definition) is 1. The van der Waals surface area contributed by atoms with E-state index in [1.165, 1.54) is 44.9 Å². The van der Waals surface area contributed by atoms with Crippen LogP contribution in [0.15, 0.2) is 0 Å². The first-order valence-electron chi connectivity index (χ1n) is 5.76. The Bertz CT molecular complexity index is 94.1. The highest BCUT2D eigenvalue weighted by molar-refractivity contribution is 4.45. The lowest BCUT2D eigenvalue weighted by atomic mass is 10.1. The number of rotatable bonds is 9. The van der Waals surface area contributed by atoms with E-state index in [0.29, 0.717) is 5.06 Å². The molecule has 13 heavy (non-hydrogen) atoms. The first kappa shape index (κ1) is 12.9. The first-order chi connectivity index (χ1) is 6.27. The van der Waals surface area contributed by atoms with E-state index in [1.54, 1.807) is 7.05 Å². The predicted octanol–water partition coefficient (Wildman–Crippen LogP) is 2.14. The van der Waals surface area contributed by atoms with Gasteiger partial charge in [0, 0.05) is 0 Å². The van der Waals surface area contributed by atoms with Crippen molar-refractivity contribution in [2.45, 2.75) is 58.3 Å². The zero-order chi connectivity index (χ0) is 9.94. The topological polar surface area (TPSA) is 27.5 Å². The van der Waals surface area contributed by atoms with Crippen molar-refractivity contribution in [2.24, 2.45) is 0 Å². The number of quaternary nitrogens is 1. The monoisotopic (exact) mass is 187 g/mol. The highest BCUT2D eigenvalue weighted by atomic mass is 16.5. The maximum absolute atomic E-state index is 10.6. The third kappa shape index (κ3) is 11.9. The summed E-state index contributed by atoms with van der Waals surface area (Å²) in [5.74, 6) is 0. The molecule has 0 amide bonds. The molecule has 2 nitrogen and oxygen atoms in total. The van der Waals surface area contributed by atoms with Crippen LogP contribution >= 0.6 is 0 Å². The second-order valence-corrected chi connectivity index (χ2v) is 3.93. The van der Waals surface area contributed by atoms with E-state index in [-0.39, 0.29) is 0 Å². The fourth-order valence-corrected chi connectivity index (χ4v) is 1.51. The van der Waals surface area contributed by atoms with Crippen LogP contribution in [-0.4, -0.2) is 13.6 Å². The molecule has 1 N–H and O–H groups in total. The van der Waals surface area contributed by atoms with Gasteiger partial charge >= 0.3 is 0 Å². The lowest BCUT2D eigenvalue weighted by Gasteiger charge is -2.15. The maximum Gasteiger partial charge on any atom is 0.0766 e. The first-order valence-corrected chi connectivity index (χ1v) is 5.76. The molecule has 0 spiro atoms. The van der Waals surface area contributed by atoms with E-state index >= 15 is 0 Å². The van der Waals surface area contributed by atoms with Gasteiger partial charge < -0.3 is 10.3 Å². The van der Waals surface area contributed by atoms with Crippen LogP contribution in [0.5, 0.6) is 0 Å². The molecule has 2 heteroatoms. The van der Waals surface area contributed by atoms with Crippen LogP contribution in [0.1, 0.15) is 58.3 Å². The van der Waals surface area contributed by atoms with E-state index in [2.05, 4.69) is 6.92 Å². The summed E-state index contributed by atoms with van der Waals surface area (Å²) < 4.78 is 0. The van der Waals surface area contributed by atoms with Crippen molar-refractivity contribution >= 4 is 0 Å². The van der Waals surface area contributed by atoms with Crippen molar-refractivity contribution in [3.05, 3.63) is 5.21 Å². The van der Waals surface area contributed by atoms with Gasteiger partial charge in [-0.05, 0) is 12.8 Å². The summed E-state index contributed by atoms with van der Waals surface area (Å²) in [4.78, 5) is 0. The van der Waals surface area contributed by atoms with Gasteiger partial charge in [0.05, 0.1) is 13.6 Å². The fourth-order valence-electron chi connectivity index (χ4n) is 1.51. The molecular formula is C11H25NO. The molecule has 0 aliphatic rings. The predicted molar refractivity (Wildman–Crippen MR) is 57.7 cm³/mol. The van der Waals surface area contributed by atoms with Crippen molar-refractivity contribution in [3.63, 3.8) is 0 Å². The van der Waals surface area contributed by atoms with Gasteiger partial charge in [0.2, 0.25) is 0 Å². The number of unbranched alkanes of at least 4 members (excludes halogenated alkanes) is 7.